The average molecular weight is 263 g/mol. The van der Waals surface area contributed by atoms with E-state index in [4.69, 9.17) is 4.74 Å². The Morgan fingerprint density at radius 3 is 2.63 bits per heavy atom. The number of ether oxygens (including phenoxy) is 1. The zero-order chi connectivity index (χ0) is 14.3. The quantitative estimate of drug-likeness (QED) is 0.776. The van der Waals surface area contributed by atoms with Gasteiger partial charge in [0.25, 0.3) is 0 Å². The van der Waals surface area contributed by atoms with E-state index in [2.05, 4.69) is 11.9 Å². The number of aliphatic hydroxyl groups is 1. The lowest BCUT2D eigenvalue weighted by atomic mass is 9.99. The monoisotopic (exact) mass is 263 g/mol. The molecule has 0 spiro atoms. The maximum atomic E-state index is 11.3. The molecule has 0 saturated carbocycles. The highest BCUT2D eigenvalue weighted by Gasteiger charge is 2.15. The fraction of sp³-hybridized carbons (Fsp3) is 0.400. The van der Waals surface area contributed by atoms with Gasteiger partial charge < -0.3 is 15.2 Å². The number of carbonyl (C=O) groups is 1. The summed E-state index contributed by atoms with van der Waals surface area (Å²) >= 11 is 0. The van der Waals surface area contributed by atoms with E-state index < -0.39 is 12.2 Å². The number of hydrogen-bond donors (Lipinski definition) is 2. The molecular formula is C15H21NO3. The molecule has 104 valence electrons. The molecule has 2 N–H and O–H groups in total. The van der Waals surface area contributed by atoms with Crippen LogP contribution >= 0.6 is 0 Å². The highest BCUT2D eigenvalue weighted by atomic mass is 16.5. The number of alkyl carbamates (subject to hydrolysis) is 1. The summed E-state index contributed by atoms with van der Waals surface area (Å²) in [6.07, 6.45) is -0.678. The van der Waals surface area contributed by atoms with Gasteiger partial charge in [0.1, 0.15) is 0 Å². The Balaban J connectivity index is 2.48. The molecule has 2 atom stereocenters. The van der Waals surface area contributed by atoms with E-state index in [0.717, 1.165) is 11.1 Å². The number of nitrogens with one attached hydrogen (secondary N) is 1. The van der Waals surface area contributed by atoms with E-state index in [0.29, 0.717) is 13.0 Å². The molecule has 0 aromatic heterocycles. The van der Waals surface area contributed by atoms with Gasteiger partial charge in [-0.25, -0.2) is 4.79 Å². The van der Waals surface area contributed by atoms with E-state index in [1.165, 1.54) is 0 Å². The van der Waals surface area contributed by atoms with Crippen molar-refractivity contribution in [1.82, 2.24) is 5.32 Å². The van der Waals surface area contributed by atoms with Crippen molar-refractivity contribution in [3.8, 4) is 0 Å². The molecule has 0 saturated heterocycles. The molecule has 1 aromatic carbocycles. The van der Waals surface area contributed by atoms with Gasteiger partial charge >= 0.3 is 6.09 Å². The van der Waals surface area contributed by atoms with Crippen molar-refractivity contribution >= 4 is 6.09 Å². The van der Waals surface area contributed by atoms with Crippen LogP contribution in [0.4, 0.5) is 4.79 Å². The number of amides is 1. The normalized spacial score (nSPS) is 13.4. The summed E-state index contributed by atoms with van der Waals surface area (Å²) in [5.74, 6) is 0. The molecule has 0 unspecified atom stereocenters. The van der Waals surface area contributed by atoms with Crippen molar-refractivity contribution in [2.75, 3.05) is 6.61 Å². The van der Waals surface area contributed by atoms with Crippen molar-refractivity contribution in [2.24, 2.45) is 0 Å². The standard InChI is InChI=1S/C15H21NO3/c1-4-19-15(18)16-12(3)11(2)10-14(17)13-8-6-5-7-9-13/h5-9,12,14,17H,2,4,10H2,1,3H3,(H,16,18)/t12-,14-/m1/s1. The van der Waals surface area contributed by atoms with Gasteiger partial charge in [-0.05, 0) is 19.4 Å². The number of benzene rings is 1. The van der Waals surface area contributed by atoms with Crippen LogP contribution in [-0.2, 0) is 4.74 Å². The Morgan fingerprint density at radius 1 is 1.42 bits per heavy atom. The molecule has 19 heavy (non-hydrogen) atoms. The molecule has 0 heterocycles. The molecular weight excluding hydrogens is 242 g/mol. The van der Waals surface area contributed by atoms with Gasteiger partial charge in [-0.1, -0.05) is 42.5 Å². The first-order chi connectivity index (χ1) is 9.04. The number of hydrogen-bond acceptors (Lipinski definition) is 3. The SMILES string of the molecule is C=C(C[C@@H](O)c1ccccc1)[C@@H](C)NC(=O)OCC. The van der Waals surface area contributed by atoms with Gasteiger partial charge in [-0.3, -0.25) is 0 Å². The molecule has 4 nitrogen and oxygen atoms in total. The fourth-order valence-corrected chi connectivity index (χ4v) is 1.67. The van der Waals surface area contributed by atoms with Crippen LogP contribution in [0.15, 0.2) is 42.5 Å². The summed E-state index contributed by atoms with van der Waals surface area (Å²) in [7, 11) is 0. The summed E-state index contributed by atoms with van der Waals surface area (Å²) in [4.78, 5) is 11.3. The van der Waals surface area contributed by atoms with Gasteiger partial charge in [0.15, 0.2) is 0 Å². The molecule has 0 bridgehead atoms. The zero-order valence-electron chi connectivity index (χ0n) is 11.4. The van der Waals surface area contributed by atoms with Crippen molar-refractivity contribution in [3.05, 3.63) is 48.0 Å². The number of aliphatic hydroxyl groups excluding tert-OH is 1. The average Bonchev–Trinajstić information content (AvgIpc) is 2.39. The molecule has 0 radical (unpaired) electrons. The smallest absolute Gasteiger partial charge is 0.407 e. The Hall–Kier alpha value is -1.81. The van der Waals surface area contributed by atoms with Crippen LogP contribution in [0.3, 0.4) is 0 Å². The van der Waals surface area contributed by atoms with Gasteiger partial charge in [0.05, 0.1) is 18.8 Å². The van der Waals surface area contributed by atoms with Gasteiger partial charge in [-0.2, -0.15) is 0 Å². The van der Waals surface area contributed by atoms with Crippen LogP contribution in [0.5, 0.6) is 0 Å². The Labute approximate surface area is 114 Å². The summed E-state index contributed by atoms with van der Waals surface area (Å²) in [6, 6.07) is 9.14. The van der Waals surface area contributed by atoms with Crippen molar-refractivity contribution < 1.29 is 14.6 Å². The highest BCUT2D eigenvalue weighted by molar-refractivity contribution is 5.68. The third kappa shape index (κ3) is 5.14. The fourth-order valence-electron chi connectivity index (χ4n) is 1.67. The van der Waals surface area contributed by atoms with Gasteiger partial charge in [0.2, 0.25) is 0 Å². The van der Waals surface area contributed by atoms with E-state index in [9.17, 15) is 9.90 Å². The molecule has 4 heteroatoms. The van der Waals surface area contributed by atoms with Crippen LogP contribution in [0, 0.1) is 0 Å². The number of rotatable bonds is 6. The van der Waals surface area contributed by atoms with E-state index in [1.807, 2.05) is 37.3 Å². The molecule has 0 aliphatic carbocycles. The predicted molar refractivity (Wildman–Crippen MR) is 74.8 cm³/mol. The second kappa shape index (κ2) is 7.59. The maximum absolute atomic E-state index is 11.3. The minimum Gasteiger partial charge on any atom is -0.450 e. The molecule has 1 aromatic rings. The Bertz CT molecular complexity index is 417. The lowest BCUT2D eigenvalue weighted by Gasteiger charge is -2.19. The minimum atomic E-state index is -0.611. The second-order valence-corrected chi connectivity index (χ2v) is 4.38. The van der Waals surface area contributed by atoms with Crippen molar-refractivity contribution in [1.29, 1.82) is 0 Å². The van der Waals surface area contributed by atoms with Crippen LogP contribution < -0.4 is 5.32 Å². The maximum Gasteiger partial charge on any atom is 0.407 e. The summed E-state index contributed by atoms with van der Waals surface area (Å²) in [6.45, 7) is 7.80. The van der Waals surface area contributed by atoms with E-state index >= 15 is 0 Å². The molecule has 0 fully saturated rings. The van der Waals surface area contributed by atoms with Crippen molar-refractivity contribution in [2.45, 2.75) is 32.4 Å². The molecule has 1 rings (SSSR count). The third-order valence-electron chi connectivity index (χ3n) is 2.86. The van der Waals surface area contributed by atoms with Gasteiger partial charge in [-0.15, -0.1) is 0 Å². The van der Waals surface area contributed by atoms with Crippen LogP contribution in [0.25, 0.3) is 0 Å². The van der Waals surface area contributed by atoms with Gasteiger partial charge in [0, 0.05) is 6.42 Å². The Kier molecular flexibility index (Phi) is 6.09. The highest BCUT2D eigenvalue weighted by Crippen LogP contribution is 2.21. The third-order valence-corrected chi connectivity index (χ3v) is 2.86. The first-order valence-electron chi connectivity index (χ1n) is 6.38. The second-order valence-electron chi connectivity index (χ2n) is 4.38. The lowest BCUT2D eigenvalue weighted by Crippen LogP contribution is -2.34. The van der Waals surface area contributed by atoms with Crippen LogP contribution in [0.2, 0.25) is 0 Å². The van der Waals surface area contributed by atoms with E-state index in [1.54, 1.807) is 6.92 Å². The summed E-state index contributed by atoms with van der Waals surface area (Å²) in [5.41, 5.74) is 1.59. The minimum absolute atomic E-state index is 0.239. The molecule has 1 amide bonds. The van der Waals surface area contributed by atoms with E-state index in [-0.39, 0.29) is 6.04 Å². The summed E-state index contributed by atoms with van der Waals surface area (Å²) < 4.78 is 4.80. The Morgan fingerprint density at radius 2 is 2.05 bits per heavy atom. The molecule has 0 aliphatic heterocycles. The first-order valence-corrected chi connectivity index (χ1v) is 6.38. The van der Waals surface area contributed by atoms with Crippen molar-refractivity contribution in [3.63, 3.8) is 0 Å². The number of carbonyl (C=O) groups excluding carboxylic acids is 1. The molecule has 0 aliphatic rings. The lowest BCUT2D eigenvalue weighted by molar-refractivity contribution is 0.148. The van der Waals surface area contributed by atoms with Crippen LogP contribution in [-0.4, -0.2) is 23.8 Å². The topological polar surface area (TPSA) is 58.6 Å². The zero-order valence-corrected chi connectivity index (χ0v) is 11.4. The largest absolute Gasteiger partial charge is 0.450 e. The first kappa shape index (κ1) is 15.2. The van der Waals surface area contributed by atoms with Crippen LogP contribution in [0.1, 0.15) is 31.9 Å². The predicted octanol–water partition coefficient (Wildman–Crippen LogP) is 2.80. The summed E-state index contributed by atoms with van der Waals surface area (Å²) in [5, 5.41) is 12.7.